The zero-order chi connectivity index (χ0) is 18.5. The van der Waals surface area contributed by atoms with Crippen molar-refractivity contribution in [2.75, 3.05) is 39.4 Å². The van der Waals surface area contributed by atoms with Crippen LogP contribution in [-0.2, 0) is 27.3 Å². The minimum atomic E-state index is 0.0175. The predicted molar refractivity (Wildman–Crippen MR) is 98.1 cm³/mol. The van der Waals surface area contributed by atoms with Gasteiger partial charge in [-0.15, -0.1) is 0 Å². The van der Waals surface area contributed by atoms with Gasteiger partial charge in [-0.05, 0) is 31.5 Å². The summed E-state index contributed by atoms with van der Waals surface area (Å²) in [4.78, 5) is 29.0. The molecule has 1 aromatic heterocycles. The molecule has 0 aromatic carbocycles. The van der Waals surface area contributed by atoms with Crippen LogP contribution in [0.5, 0.6) is 0 Å². The molecule has 2 fully saturated rings. The van der Waals surface area contributed by atoms with Crippen molar-refractivity contribution in [2.45, 2.75) is 39.2 Å². The summed E-state index contributed by atoms with van der Waals surface area (Å²) >= 11 is 5.25. The van der Waals surface area contributed by atoms with Crippen LogP contribution < -0.4 is 0 Å². The lowest BCUT2D eigenvalue weighted by atomic mass is 9.95. The molecular formula is C17H27N5O3S. The molecule has 2 saturated heterocycles. The van der Waals surface area contributed by atoms with Gasteiger partial charge in [-0.1, -0.05) is 6.92 Å². The number of aryl methyl sites for hydroxylation is 1. The van der Waals surface area contributed by atoms with Crippen LogP contribution >= 0.6 is 12.2 Å². The highest BCUT2D eigenvalue weighted by Gasteiger charge is 2.31. The third kappa shape index (κ3) is 4.32. The van der Waals surface area contributed by atoms with E-state index in [1.54, 1.807) is 4.57 Å². The van der Waals surface area contributed by atoms with E-state index in [0.29, 0.717) is 44.2 Å². The largest absolute Gasteiger partial charge is 0.378 e. The van der Waals surface area contributed by atoms with Gasteiger partial charge in [0.2, 0.25) is 11.8 Å². The number of piperidine rings is 1. The molecule has 0 saturated carbocycles. The third-order valence-electron chi connectivity index (χ3n) is 5.12. The second-order valence-electron chi connectivity index (χ2n) is 6.87. The number of aromatic amines is 1. The lowest BCUT2D eigenvalue weighted by Crippen LogP contribution is -2.48. The fourth-order valence-corrected chi connectivity index (χ4v) is 3.80. The van der Waals surface area contributed by atoms with Crippen molar-refractivity contribution >= 4 is 24.0 Å². The van der Waals surface area contributed by atoms with Crippen molar-refractivity contribution in [1.82, 2.24) is 24.6 Å². The molecule has 3 heterocycles. The first kappa shape index (κ1) is 19.0. The number of likely N-dealkylation sites (tertiary alicyclic amines) is 1. The van der Waals surface area contributed by atoms with Gasteiger partial charge in [0.15, 0.2) is 4.77 Å². The van der Waals surface area contributed by atoms with Gasteiger partial charge in [0.25, 0.3) is 0 Å². The van der Waals surface area contributed by atoms with E-state index in [1.165, 1.54) is 0 Å². The van der Waals surface area contributed by atoms with Crippen LogP contribution in [0.2, 0.25) is 0 Å². The van der Waals surface area contributed by atoms with E-state index in [-0.39, 0.29) is 24.3 Å². The molecule has 26 heavy (non-hydrogen) atoms. The number of carbonyl (C=O) groups excluding carboxylic acids is 2. The van der Waals surface area contributed by atoms with E-state index in [1.807, 2.05) is 9.80 Å². The maximum absolute atomic E-state index is 12.7. The maximum Gasteiger partial charge on any atom is 0.242 e. The number of ether oxygens (including phenoxy) is 1. The number of nitrogens with zero attached hydrogens (tertiary/aromatic N) is 4. The summed E-state index contributed by atoms with van der Waals surface area (Å²) in [5.74, 6) is 1.09. The number of amides is 2. The van der Waals surface area contributed by atoms with Gasteiger partial charge in [-0.25, -0.2) is 0 Å². The minimum absolute atomic E-state index is 0.0175. The zero-order valence-electron chi connectivity index (χ0n) is 15.3. The predicted octanol–water partition coefficient (Wildman–Crippen LogP) is 0.991. The van der Waals surface area contributed by atoms with Crippen LogP contribution in [0.1, 0.15) is 32.0 Å². The number of nitrogens with one attached hydrogen (secondary N) is 1. The SMILES string of the molecule is CCCc1n[nH]c(=S)n1CC(=O)N1CCC(C(=O)N2CCOCC2)CC1. The van der Waals surface area contributed by atoms with Gasteiger partial charge in [-0.2, -0.15) is 5.10 Å². The summed E-state index contributed by atoms with van der Waals surface area (Å²) in [5, 5.41) is 6.98. The highest BCUT2D eigenvalue weighted by molar-refractivity contribution is 7.71. The lowest BCUT2D eigenvalue weighted by molar-refractivity contribution is -0.144. The molecule has 0 unspecified atom stereocenters. The Bertz CT molecular complexity index is 687. The Kier molecular flexibility index (Phi) is 6.42. The molecule has 144 valence electrons. The summed E-state index contributed by atoms with van der Waals surface area (Å²) in [7, 11) is 0. The first-order valence-corrected chi connectivity index (χ1v) is 9.79. The third-order valence-corrected chi connectivity index (χ3v) is 5.44. The summed E-state index contributed by atoms with van der Waals surface area (Å²) in [5.41, 5.74) is 0. The average molecular weight is 382 g/mol. The molecule has 0 spiro atoms. The molecule has 2 amide bonds. The van der Waals surface area contributed by atoms with Gasteiger partial charge < -0.3 is 14.5 Å². The number of morpholine rings is 1. The molecule has 1 aromatic rings. The van der Waals surface area contributed by atoms with Crippen LogP contribution in [0.3, 0.4) is 0 Å². The van der Waals surface area contributed by atoms with Crippen LogP contribution in [0.15, 0.2) is 0 Å². The fourth-order valence-electron chi connectivity index (χ4n) is 3.58. The maximum atomic E-state index is 12.7. The van der Waals surface area contributed by atoms with Crippen molar-refractivity contribution in [1.29, 1.82) is 0 Å². The van der Waals surface area contributed by atoms with E-state index in [2.05, 4.69) is 17.1 Å². The number of hydrogen-bond donors (Lipinski definition) is 1. The molecular weight excluding hydrogens is 354 g/mol. The van der Waals surface area contributed by atoms with Gasteiger partial charge in [-0.3, -0.25) is 19.3 Å². The molecule has 2 aliphatic rings. The Morgan fingerprint density at radius 2 is 1.88 bits per heavy atom. The summed E-state index contributed by atoms with van der Waals surface area (Å²) in [6.07, 6.45) is 3.18. The van der Waals surface area contributed by atoms with Crippen molar-refractivity contribution in [3.05, 3.63) is 10.6 Å². The van der Waals surface area contributed by atoms with Gasteiger partial charge in [0.1, 0.15) is 12.4 Å². The molecule has 8 nitrogen and oxygen atoms in total. The van der Waals surface area contributed by atoms with Crippen LogP contribution in [-0.4, -0.2) is 75.8 Å². The van der Waals surface area contributed by atoms with Crippen molar-refractivity contribution in [3.63, 3.8) is 0 Å². The minimum Gasteiger partial charge on any atom is -0.378 e. The summed E-state index contributed by atoms with van der Waals surface area (Å²) in [6, 6.07) is 0. The molecule has 0 bridgehead atoms. The fraction of sp³-hybridized carbons (Fsp3) is 0.765. The molecule has 1 N–H and O–H groups in total. The van der Waals surface area contributed by atoms with E-state index in [9.17, 15) is 9.59 Å². The Morgan fingerprint density at radius 1 is 1.19 bits per heavy atom. The van der Waals surface area contributed by atoms with E-state index >= 15 is 0 Å². The molecule has 0 radical (unpaired) electrons. The lowest BCUT2D eigenvalue weighted by Gasteiger charge is -2.35. The highest BCUT2D eigenvalue weighted by atomic mass is 32.1. The Hall–Kier alpha value is -1.74. The van der Waals surface area contributed by atoms with Crippen molar-refractivity contribution in [3.8, 4) is 0 Å². The van der Waals surface area contributed by atoms with Crippen LogP contribution in [0.4, 0.5) is 0 Å². The quantitative estimate of drug-likeness (QED) is 0.769. The van der Waals surface area contributed by atoms with Gasteiger partial charge in [0.05, 0.1) is 13.2 Å². The van der Waals surface area contributed by atoms with E-state index < -0.39 is 0 Å². The molecule has 0 atom stereocenters. The first-order valence-electron chi connectivity index (χ1n) is 9.38. The molecule has 0 aliphatic carbocycles. The standard InChI is InChI=1S/C17H27N5O3S/c1-2-3-14-18-19-17(26)22(14)12-15(23)20-6-4-13(5-7-20)16(24)21-8-10-25-11-9-21/h13H,2-12H2,1H3,(H,19,26). The second kappa shape index (κ2) is 8.77. The number of carbonyl (C=O) groups is 2. The van der Waals surface area contributed by atoms with Gasteiger partial charge in [0, 0.05) is 38.5 Å². The number of H-pyrrole nitrogens is 1. The van der Waals surface area contributed by atoms with Crippen LogP contribution in [0.25, 0.3) is 0 Å². The van der Waals surface area contributed by atoms with Crippen molar-refractivity contribution in [2.24, 2.45) is 5.92 Å². The summed E-state index contributed by atoms with van der Waals surface area (Å²) < 4.78 is 7.58. The van der Waals surface area contributed by atoms with Gasteiger partial charge >= 0.3 is 0 Å². The Balaban J connectivity index is 1.53. The van der Waals surface area contributed by atoms with E-state index in [0.717, 1.165) is 31.5 Å². The highest BCUT2D eigenvalue weighted by Crippen LogP contribution is 2.21. The normalized spacial score (nSPS) is 19.0. The van der Waals surface area contributed by atoms with Crippen LogP contribution in [0, 0.1) is 10.7 Å². The number of hydrogen-bond acceptors (Lipinski definition) is 5. The first-order chi connectivity index (χ1) is 12.6. The monoisotopic (exact) mass is 381 g/mol. The number of aromatic nitrogens is 3. The number of rotatable bonds is 5. The topological polar surface area (TPSA) is 83.5 Å². The molecule has 2 aliphatic heterocycles. The second-order valence-corrected chi connectivity index (χ2v) is 7.26. The smallest absolute Gasteiger partial charge is 0.242 e. The van der Waals surface area contributed by atoms with Crippen molar-refractivity contribution < 1.29 is 14.3 Å². The molecule has 3 rings (SSSR count). The van der Waals surface area contributed by atoms with E-state index in [4.69, 9.17) is 17.0 Å². The molecule has 9 heteroatoms. The summed E-state index contributed by atoms with van der Waals surface area (Å²) in [6.45, 7) is 6.12. The Morgan fingerprint density at radius 3 is 2.54 bits per heavy atom. The zero-order valence-corrected chi connectivity index (χ0v) is 16.1. The Labute approximate surface area is 158 Å². The average Bonchev–Trinajstić information content (AvgIpc) is 3.02.